The third kappa shape index (κ3) is 3.43. The van der Waals surface area contributed by atoms with E-state index in [1.165, 1.54) is 11.8 Å². The van der Waals surface area contributed by atoms with E-state index in [2.05, 4.69) is 15.3 Å². The summed E-state index contributed by atoms with van der Waals surface area (Å²) in [5.41, 5.74) is 3.08. The number of fused-ring (bicyclic) bond motifs is 1. The Morgan fingerprint density at radius 3 is 2.50 bits per heavy atom. The second-order valence-electron chi connectivity index (χ2n) is 5.62. The van der Waals surface area contributed by atoms with Gasteiger partial charge in [0.05, 0.1) is 17.6 Å². The number of carbonyl (C=O) groups is 2. The van der Waals surface area contributed by atoms with Crippen molar-refractivity contribution in [3.05, 3.63) is 59.9 Å². The number of imidazole rings is 1. The highest BCUT2D eigenvalue weighted by Gasteiger charge is 2.12. The van der Waals surface area contributed by atoms with Crippen LogP contribution in [0.25, 0.3) is 11.0 Å². The number of benzene rings is 2. The third-order valence-corrected chi connectivity index (χ3v) is 3.71. The second-order valence-corrected chi connectivity index (χ2v) is 5.62. The minimum absolute atomic E-state index is 0.00474. The lowest BCUT2D eigenvalue weighted by molar-refractivity contribution is 0.101. The number of aromatic nitrogens is 2. The molecule has 3 aromatic rings. The summed E-state index contributed by atoms with van der Waals surface area (Å²) in [5, 5.41) is 2.80. The number of para-hydroxylation sites is 2. The molecule has 0 aliphatic carbocycles. The maximum absolute atomic E-state index is 12.3. The number of hydrogen-bond acceptors (Lipinski definition) is 3. The first-order valence-corrected chi connectivity index (χ1v) is 7.59. The lowest BCUT2D eigenvalue weighted by Crippen LogP contribution is -2.31. The average molecular weight is 322 g/mol. The van der Waals surface area contributed by atoms with E-state index in [0.717, 1.165) is 16.9 Å². The fourth-order valence-electron chi connectivity index (χ4n) is 2.38. The Labute approximate surface area is 139 Å². The van der Waals surface area contributed by atoms with E-state index >= 15 is 0 Å². The van der Waals surface area contributed by atoms with Crippen molar-refractivity contribution in [2.45, 2.75) is 13.5 Å². The van der Waals surface area contributed by atoms with Gasteiger partial charge in [-0.2, -0.15) is 0 Å². The summed E-state index contributed by atoms with van der Waals surface area (Å²) >= 11 is 0. The lowest BCUT2D eigenvalue weighted by Gasteiger charge is -2.16. The van der Waals surface area contributed by atoms with Crippen LogP contribution in [0.2, 0.25) is 0 Å². The van der Waals surface area contributed by atoms with E-state index < -0.39 is 0 Å². The molecule has 1 heterocycles. The first kappa shape index (κ1) is 15.7. The van der Waals surface area contributed by atoms with E-state index in [1.807, 2.05) is 24.3 Å². The van der Waals surface area contributed by atoms with Crippen LogP contribution in [0.3, 0.4) is 0 Å². The number of nitrogens with zero attached hydrogens (tertiary/aromatic N) is 2. The molecule has 0 fully saturated rings. The number of H-pyrrole nitrogens is 1. The van der Waals surface area contributed by atoms with Gasteiger partial charge in [-0.05, 0) is 43.3 Å². The monoisotopic (exact) mass is 322 g/mol. The van der Waals surface area contributed by atoms with Crippen LogP contribution in [-0.4, -0.2) is 33.7 Å². The normalized spacial score (nSPS) is 10.6. The molecule has 1 aromatic heterocycles. The van der Waals surface area contributed by atoms with E-state index in [0.29, 0.717) is 17.8 Å². The van der Waals surface area contributed by atoms with Gasteiger partial charge in [-0.3, -0.25) is 4.79 Å². The van der Waals surface area contributed by atoms with Crippen molar-refractivity contribution in [1.82, 2.24) is 14.9 Å². The molecule has 2 aromatic carbocycles. The van der Waals surface area contributed by atoms with Crippen LogP contribution < -0.4 is 5.32 Å². The average Bonchev–Trinajstić information content (AvgIpc) is 2.97. The largest absolute Gasteiger partial charge is 0.340 e. The SMILES string of the molecule is CC(=O)c1ccc(NC(=O)N(C)Cc2nc3ccccc3[nH]2)cc1. The molecule has 0 bridgehead atoms. The smallest absolute Gasteiger partial charge is 0.321 e. The summed E-state index contributed by atoms with van der Waals surface area (Å²) in [4.78, 5) is 32.7. The molecule has 0 saturated carbocycles. The van der Waals surface area contributed by atoms with Crippen LogP contribution in [0.1, 0.15) is 23.1 Å². The van der Waals surface area contributed by atoms with Crippen molar-refractivity contribution in [3.8, 4) is 0 Å². The van der Waals surface area contributed by atoms with Gasteiger partial charge in [0.15, 0.2) is 5.78 Å². The van der Waals surface area contributed by atoms with Gasteiger partial charge in [-0.1, -0.05) is 12.1 Å². The summed E-state index contributed by atoms with van der Waals surface area (Å²) in [7, 11) is 1.70. The molecule has 0 radical (unpaired) electrons. The first-order valence-electron chi connectivity index (χ1n) is 7.59. The van der Waals surface area contributed by atoms with Gasteiger partial charge in [0, 0.05) is 18.3 Å². The molecule has 0 aliphatic heterocycles. The minimum atomic E-state index is -0.244. The standard InChI is InChI=1S/C18H18N4O2/c1-12(23)13-7-9-14(10-8-13)19-18(24)22(2)11-17-20-15-5-3-4-6-16(15)21-17/h3-10H,11H2,1-2H3,(H,19,24)(H,20,21). The Balaban J connectivity index is 1.64. The topological polar surface area (TPSA) is 78.1 Å². The van der Waals surface area contributed by atoms with Crippen LogP contribution >= 0.6 is 0 Å². The Hall–Kier alpha value is -3.15. The van der Waals surface area contributed by atoms with Crippen molar-refractivity contribution < 1.29 is 9.59 Å². The first-order chi connectivity index (χ1) is 11.5. The maximum atomic E-state index is 12.3. The summed E-state index contributed by atoms with van der Waals surface area (Å²) in [6.07, 6.45) is 0. The molecule has 0 saturated heterocycles. The zero-order valence-electron chi connectivity index (χ0n) is 13.5. The fourth-order valence-corrected chi connectivity index (χ4v) is 2.38. The molecule has 0 unspecified atom stereocenters. The second kappa shape index (κ2) is 6.54. The van der Waals surface area contributed by atoms with Gasteiger partial charge in [0.25, 0.3) is 0 Å². The number of carbonyl (C=O) groups excluding carboxylic acids is 2. The molecular weight excluding hydrogens is 304 g/mol. The quantitative estimate of drug-likeness (QED) is 0.722. The van der Waals surface area contributed by atoms with Gasteiger partial charge in [0.1, 0.15) is 5.82 Å². The molecule has 2 N–H and O–H groups in total. The van der Waals surface area contributed by atoms with Crippen molar-refractivity contribution in [2.75, 3.05) is 12.4 Å². The zero-order valence-corrected chi connectivity index (χ0v) is 13.5. The van der Waals surface area contributed by atoms with Gasteiger partial charge in [-0.15, -0.1) is 0 Å². The predicted molar refractivity (Wildman–Crippen MR) is 93.0 cm³/mol. The number of rotatable bonds is 4. The van der Waals surface area contributed by atoms with Crippen molar-refractivity contribution in [3.63, 3.8) is 0 Å². The van der Waals surface area contributed by atoms with Crippen molar-refractivity contribution in [2.24, 2.45) is 0 Å². The molecule has 6 nitrogen and oxygen atoms in total. The van der Waals surface area contributed by atoms with E-state index in [1.54, 1.807) is 31.3 Å². The molecule has 6 heteroatoms. The van der Waals surface area contributed by atoms with Gasteiger partial charge < -0.3 is 15.2 Å². The predicted octanol–water partition coefficient (Wildman–Crippen LogP) is 3.43. The van der Waals surface area contributed by atoms with Gasteiger partial charge in [0.2, 0.25) is 0 Å². The highest BCUT2D eigenvalue weighted by Crippen LogP contribution is 2.13. The number of anilines is 1. The summed E-state index contributed by atoms with van der Waals surface area (Å²) in [6, 6.07) is 14.3. The highest BCUT2D eigenvalue weighted by molar-refractivity contribution is 5.95. The number of urea groups is 1. The molecule has 0 aliphatic rings. The molecule has 2 amide bonds. The minimum Gasteiger partial charge on any atom is -0.340 e. The summed E-state index contributed by atoms with van der Waals surface area (Å²) < 4.78 is 0. The van der Waals surface area contributed by atoms with Crippen LogP contribution in [0, 0.1) is 0 Å². The summed E-state index contributed by atoms with van der Waals surface area (Å²) in [5.74, 6) is 0.718. The maximum Gasteiger partial charge on any atom is 0.321 e. The van der Waals surface area contributed by atoms with Crippen LogP contribution in [0.4, 0.5) is 10.5 Å². The Morgan fingerprint density at radius 1 is 1.12 bits per heavy atom. The van der Waals surface area contributed by atoms with Crippen LogP contribution in [0.15, 0.2) is 48.5 Å². The number of ketones is 1. The van der Waals surface area contributed by atoms with Gasteiger partial charge >= 0.3 is 6.03 Å². The van der Waals surface area contributed by atoms with Crippen molar-refractivity contribution >= 4 is 28.5 Å². The Kier molecular flexibility index (Phi) is 4.29. The third-order valence-electron chi connectivity index (χ3n) is 3.71. The van der Waals surface area contributed by atoms with Crippen LogP contribution in [-0.2, 0) is 6.54 Å². The van der Waals surface area contributed by atoms with Crippen LogP contribution in [0.5, 0.6) is 0 Å². The van der Waals surface area contributed by atoms with Gasteiger partial charge in [-0.25, -0.2) is 9.78 Å². The molecular formula is C18H18N4O2. The Morgan fingerprint density at radius 2 is 1.83 bits per heavy atom. The van der Waals surface area contributed by atoms with Crippen molar-refractivity contribution in [1.29, 1.82) is 0 Å². The molecule has 24 heavy (non-hydrogen) atoms. The van der Waals surface area contributed by atoms with E-state index in [-0.39, 0.29) is 11.8 Å². The van der Waals surface area contributed by atoms with E-state index in [9.17, 15) is 9.59 Å². The van der Waals surface area contributed by atoms with E-state index in [4.69, 9.17) is 0 Å². The summed E-state index contributed by atoms with van der Waals surface area (Å²) in [6.45, 7) is 1.88. The molecule has 0 atom stereocenters. The molecule has 122 valence electrons. The molecule has 0 spiro atoms. The number of nitrogens with one attached hydrogen (secondary N) is 2. The Bertz CT molecular complexity index is 850. The lowest BCUT2D eigenvalue weighted by atomic mass is 10.1. The highest BCUT2D eigenvalue weighted by atomic mass is 16.2. The number of aromatic amines is 1. The zero-order chi connectivity index (χ0) is 17.1. The number of amides is 2. The molecule has 3 rings (SSSR count). The fraction of sp³-hybridized carbons (Fsp3) is 0.167. The number of Topliss-reactive ketones (excluding diaryl/α,β-unsaturated/α-hetero) is 1. The number of hydrogen-bond donors (Lipinski definition) is 2.